The predicted molar refractivity (Wildman–Crippen MR) is 97.0 cm³/mol. The van der Waals surface area contributed by atoms with Crippen molar-refractivity contribution < 1.29 is 4.79 Å². The first-order valence-electron chi connectivity index (χ1n) is 7.27. The number of pyridine rings is 1. The van der Waals surface area contributed by atoms with Gasteiger partial charge in [0.15, 0.2) is 0 Å². The third-order valence-corrected chi connectivity index (χ3v) is 3.85. The Morgan fingerprint density at radius 1 is 1.04 bits per heavy atom. The molecular formula is C20H13ClN2O. The summed E-state index contributed by atoms with van der Waals surface area (Å²) in [6, 6.07) is 18.6. The lowest BCUT2D eigenvalue weighted by molar-refractivity contribution is 0.102. The van der Waals surface area contributed by atoms with Gasteiger partial charge in [0, 0.05) is 17.3 Å². The van der Waals surface area contributed by atoms with E-state index in [9.17, 15) is 4.79 Å². The number of aromatic nitrogens is 1. The van der Waals surface area contributed by atoms with E-state index in [0.29, 0.717) is 16.8 Å². The second kappa shape index (κ2) is 6.99. The smallest absolute Gasteiger partial charge is 0.258 e. The van der Waals surface area contributed by atoms with Crippen LogP contribution in [0.1, 0.15) is 15.9 Å². The minimum absolute atomic E-state index is 0.148. The maximum Gasteiger partial charge on any atom is 0.258 e. The van der Waals surface area contributed by atoms with Gasteiger partial charge in [-0.2, -0.15) is 0 Å². The minimum Gasteiger partial charge on any atom is -0.320 e. The van der Waals surface area contributed by atoms with Gasteiger partial charge in [-0.3, -0.25) is 4.79 Å². The predicted octanol–water partition coefficient (Wildman–Crippen LogP) is 4.64. The molecule has 24 heavy (non-hydrogen) atoms. The summed E-state index contributed by atoms with van der Waals surface area (Å²) < 4.78 is 0. The lowest BCUT2D eigenvalue weighted by Gasteiger charge is -2.14. The van der Waals surface area contributed by atoms with Crippen LogP contribution in [0.25, 0.3) is 11.1 Å². The monoisotopic (exact) mass is 332 g/mol. The number of hydrogen-bond acceptors (Lipinski definition) is 2. The number of carbonyl (C=O) groups is 1. The summed E-state index contributed by atoms with van der Waals surface area (Å²) in [5, 5.41) is 3.03. The number of rotatable bonds is 3. The fourth-order valence-corrected chi connectivity index (χ4v) is 2.61. The van der Waals surface area contributed by atoms with E-state index in [2.05, 4.69) is 16.2 Å². The molecule has 0 aliphatic rings. The number of benzene rings is 2. The minimum atomic E-state index is -0.354. The molecule has 3 aromatic rings. The van der Waals surface area contributed by atoms with Crippen molar-refractivity contribution in [2.24, 2.45) is 0 Å². The Hall–Kier alpha value is -3.09. The summed E-state index contributed by atoms with van der Waals surface area (Å²) in [7, 11) is 0. The van der Waals surface area contributed by atoms with E-state index in [1.165, 1.54) is 6.20 Å². The maximum atomic E-state index is 12.6. The van der Waals surface area contributed by atoms with Crippen LogP contribution in [0, 0.1) is 12.3 Å². The van der Waals surface area contributed by atoms with Gasteiger partial charge in [-0.1, -0.05) is 60.0 Å². The van der Waals surface area contributed by atoms with E-state index in [4.69, 9.17) is 18.0 Å². The highest BCUT2D eigenvalue weighted by Crippen LogP contribution is 2.31. The van der Waals surface area contributed by atoms with Crippen LogP contribution in [0.3, 0.4) is 0 Å². The van der Waals surface area contributed by atoms with Gasteiger partial charge in [0.1, 0.15) is 5.15 Å². The fourth-order valence-electron chi connectivity index (χ4n) is 2.40. The molecule has 1 aromatic heterocycles. The number of carbonyl (C=O) groups excluding carboxylic acids is 1. The lowest BCUT2D eigenvalue weighted by atomic mass is 10.00. The summed E-state index contributed by atoms with van der Waals surface area (Å²) in [5.74, 6) is 2.26. The summed E-state index contributed by atoms with van der Waals surface area (Å²) in [6.07, 6.45) is 7.13. The van der Waals surface area contributed by atoms with Crippen molar-refractivity contribution in [3.8, 4) is 23.5 Å². The highest BCUT2D eigenvalue weighted by atomic mass is 35.5. The maximum absolute atomic E-state index is 12.6. The molecule has 4 heteroatoms. The van der Waals surface area contributed by atoms with Crippen LogP contribution >= 0.6 is 11.6 Å². The molecule has 2 aromatic carbocycles. The standard InChI is InChI=1S/C20H13ClN2O/c1-2-14-10-6-11-16(15-8-4-3-5-9-15)18(14)23-20(24)17-12-7-13-22-19(17)21/h1,3-13H,(H,23,24). The molecule has 0 bridgehead atoms. The van der Waals surface area contributed by atoms with E-state index in [1.54, 1.807) is 18.2 Å². The molecule has 3 nitrogen and oxygen atoms in total. The average Bonchev–Trinajstić information content (AvgIpc) is 2.63. The highest BCUT2D eigenvalue weighted by molar-refractivity contribution is 6.33. The van der Waals surface area contributed by atoms with E-state index in [1.807, 2.05) is 42.5 Å². The van der Waals surface area contributed by atoms with Gasteiger partial charge in [-0.25, -0.2) is 4.98 Å². The number of para-hydroxylation sites is 1. The van der Waals surface area contributed by atoms with Gasteiger partial charge in [0.25, 0.3) is 5.91 Å². The molecule has 0 atom stereocenters. The zero-order valence-electron chi connectivity index (χ0n) is 12.7. The summed E-state index contributed by atoms with van der Waals surface area (Å²) in [5.41, 5.74) is 3.28. The second-order valence-electron chi connectivity index (χ2n) is 5.03. The van der Waals surface area contributed by atoms with Gasteiger partial charge in [0.2, 0.25) is 0 Å². The molecule has 0 unspecified atom stereocenters. The van der Waals surface area contributed by atoms with Crippen LogP contribution < -0.4 is 5.32 Å². The van der Waals surface area contributed by atoms with Crippen molar-refractivity contribution in [3.05, 3.63) is 83.1 Å². The van der Waals surface area contributed by atoms with E-state index in [0.717, 1.165) is 11.1 Å². The largest absolute Gasteiger partial charge is 0.320 e. The van der Waals surface area contributed by atoms with Gasteiger partial charge in [0.05, 0.1) is 11.3 Å². The number of terminal acetylenes is 1. The molecule has 116 valence electrons. The Kier molecular flexibility index (Phi) is 4.60. The number of anilines is 1. The highest BCUT2D eigenvalue weighted by Gasteiger charge is 2.15. The molecule has 0 saturated heterocycles. The van der Waals surface area contributed by atoms with Crippen LogP contribution in [0.2, 0.25) is 5.15 Å². The average molecular weight is 333 g/mol. The van der Waals surface area contributed by atoms with Crippen LogP contribution in [0.15, 0.2) is 66.9 Å². The molecular weight excluding hydrogens is 320 g/mol. The molecule has 0 saturated carbocycles. The molecule has 0 radical (unpaired) electrons. The van der Waals surface area contributed by atoms with Crippen LogP contribution in [0.4, 0.5) is 5.69 Å². The van der Waals surface area contributed by atoms with Gasteiger partial charge >= 0.3 is 0 Å². The third-order valence-electron chi connectivity index (χ3n) is 3.55. The Labute approximate surface area is 145 Å². The molecule has 1 N–H and O–H groups in total. The van der Waals surface area contributed by atoms with Crippen molar-refractivity contribution in [3.63, 3.8) is 0 Å². The first-order valence-corrected chi connectivity index (χ1v) is 7.65. The van der Waals surface area contributed by atoms with Gasteiger partial charge < -0.3 is 5.32 Å². The normalized spacial score (nSPS) is 10.0. The molecule has 0 spiro atoms. The molecule has 3 rings (SSSR count). The van der Waals surface area contributed by atoms with E-state index < -0.39 is 0 Å². The van der Waals surface area contributed by atoms with Crippen molar-refractivity contribution >= 4 is 23.2 Å². The summed E-state index contributed by atoms with van der Waals surface area (Å²) in [4.78, 5) is 16.5. The molecule has 1 heterocycles. The molecule has 1 amide bonds. The van der Waals surface area contributed by atoms with E-state index >= 15 is 0 Å². The number of halogens is 1. The van der Waals surface area contributed by atoms with Crippen molar-refractivity contribution in [2.45, 2.75) is 0 Å². The lowest BCUT2D eigenvalue weighted by Crippen LogP contribution is -2.14. The van der Waals surface area contributed by atoms with Crippen molar-refractivity contribution in [2.75, 3.05) is 5.32 Å². The fraction of sp³-hybridized carbons (Fsp3) is 0. The zero-order chi connectivity index (χ0) is 16.9. The molecule has 0 aliphatic carbocycles. The zero-order valence-corrected chi connectivity index (χ0v) is 13.4. The van der Waals surface area contributed by atoms with Gasteiger partial charge in [-0.05, 0) is 23.8 Å². The topological polar surface area (TPSA) is 42.0 Å². The van der Waals surface area contributed by atoms with Crippen LogP contribution in [-0.2, 0) is 0 Å². The quantitative estimate of drug-likeness (QED) is 0.561. The number of nitrogens with one attached hydrogen (secondary N) is 1. The second-order valence-corrected chi connectivity index (χ2v) is 5.39. The van der Waals surface area contributed by atoms with Crippen molar-refractivity contribution in [1.29, 1.82) is 0 Å². The summed E-state index contributed by atoms with van der Waals surface area (Å²) in [6.45, 7) is 0. The SMILES string of the molecule is C#Cc1cccc(-c2ccccc2)c1NC(=O)c1cccnc1Cl. The van der Waals surface area contributed by atoms with Crippen LogP contribution in [-0.4, -0.2) is 10.9 Å². The third kappa shape index (κ3) is 3.15. The molecule has 0 aliphatic heterocycles. The van der Waals surface area contributed by atoms with Crippen LogP contribution in [0.5, 0.6) is 0 Å². The Bertz CT molecular complexity index is 930. The van der Waals surface area contributed by atoms with Gasteiger partial charge in [-0.15, -0.1) is 6.42 Å². The number of nitrogens with zero attached hydrogens (tertiary/aromatic N) is 1. The Morgan fingerprint density at radius 2 is 1.83 bits per heavy atom. The number of amides is 1. The first-order chi connectivity index (χ1) is 11.7. The van der Waals surface area contributed by atoms with E-state index in [-0.39, 0.29) is 11.1 Å². The Balaban J connectivity index is 2.06. The summed E-state index contributed by atoms with van der Waals surface area (Å²) >= 11 is 6.00. The number of hydrogen-bond donors (Lipinski definition) is 1. The molecule has 0 fully saturated rings. The van der Waals surface area contributed by atoms with Crippen molar-refractivity contribution in [1.82, 2.24) is 4.98 Å². The Morgan fingerprint density at radius 3 is 2.54 bits per heavy atom. The first kappa shape index (κ1) is 15.8.